The highest BCUT2D eigenvalue weighted by Crippen LogP contribution is 2.24. The summed E-state index contributed by atoms with van der Waals surface area (Å²) >= 11 is 1.18. The summed E-state index contributed by atoms with van der Waals surface area (Å²) in [5.41, 5.74) is 5.96. The largest absolute Gasteiger partial charge is 0.351 e. The van der Waals surface area contributed by atoms with E-state index in [1.54, 1.807) is 19.2 Å². The van der Waals surface area contributed by atoms with Crippen molar-refractivity contribution in [1.82, 2.24) is 9.62 Å². The Bertz CT molecular complexity index is 596. The molecule has 0 bridgehead atoms. The smallest absolute Gasteiger partial charge is 0.252 e. The summed E-state index contributed by atoms with van der Waals surface area (Å²) in [4.78, 5) is 11.7. The number of thiophene rings is 1. The van der Waals surface area contributed by atoms with E-state index in [9.17, 15) is 13.2 Å². The maximum atomic E-state index is 12.5. The molecule has 1 atom stereocenters. The molecule has 1 amide bonds. The van der Waals surface area contributed by atoms with Crippen LogP contribution in [0.1, 0.15) is 32.1 Å². The van der Waals surface area contributed by atoms with Crippen LogP contribution in [0.2, 0.25) is 0 Å². The van der Waals surface area contributed by atoms with Gasteiger partial charge in [0.2, 0.25) is 5.91 Å². The van der Waals surface area contributed by atoms with Gasteiger partial charge in [0.15, 0.2) is 0 Å². The highest BCUT2D eigenvalue weighted by Gasteiger charge is 2.23. The Labute approximate surface area is 136 Å². The predicted molar refractivity (Wildman–Crippen MR) is 89.1 cm³/mol. The fourth-order valence-corrected chi connectivity index (χ4v) is 4.43. The van der Waals surface area contributed by atoms with Crippen LogP contribution in [-0.2, 0) is 21.4 Å². The minimum atomic E-state index is -3.49. The van der Waals surface area contributed by atoms with E-state index in [2.05, 4.69) is 5.32 Å². The molecule has 1 aromatic heterocycles. The van der Waals surface area contributed by atoms with Gasteiger partial charge in [-0.3, -0.25) is 4.79 Å². The molecule has 1 heterocycles. The lowest BCUT2D eigenvalue weighted by Gasteiger charge is -2.20. The van der Waals surface area contributed by atoms with E-state index in [1.165, 1.54) is 22.6 Å². The molecule has 1 unspecified atom stereocenters. The maximum absolute atomic E-state index is 12.5. The first-order chi connectivity index (χ1) is 10.1. The van der Waals surface area contributed by atoms with Gasteiger partial charge in [-0.2, -0.15) is 0 Å². The van der Waals surface area contributed by atoms with Gasteiger partial charge >= 0.3 is 0 Å². The van der Waals surface area contributed by atoms with Gasteiger partial charge in [-0.15, -0.1) is 11.3 Å². The third kappa shape index (κ3) is 5.35. The van der Waals surface area contributed by atoms with Crippen LogP contribution in [0.25, 0.3) is 0 Å². The van der Waals surface area contributed by atoms with E-state index in [1.807, 2.05) is 13.8 Å². The first-order valence-corrected chi connectivity index (χ1v) is 9.45. The molecule has 0 aromatic carbocycles. The number of nitrogens with two attached hydrogens (primary N) is 1. The number of nitrogens with one attached hydrogen (secondary N) is 1. The summed E-state index contributed by atoms with van der Waals surface area (Å²) in [5, 5.41) is 2.65. The zero-order valence-corrected chi connectivity index (χ0v) is 15.1. The normalized spacial score (nSPS) is 13.6. The molecule has 0 saturated heterocycles. The molecule has 0 aliphatic rings. The van der Waals surface area contributed by atoms with Crippen molar-refractivity contribution in [2.24, 2.45) is 11.7 Å². The topological polar surface area (TPSA) is 92.5 Å². The fraction of sp³-hybridized carbons (Fsp3) is 0.643. The Morgan fingerprint density at radius 3 is 2.59 bits per heavy atom. The molecule has 1 rings (SSSR count). The fourth-order valence-electron chi connectivity index (χ4n) is 1.74. The predicted octanol–water partition coefficient (Wildman–Crippen LogP) is 1.38. The summed E-state index contributed by atoms with van der Waals surface area (Å²) in [7, 11) is -1.93. The SMILES string of the molecule is CC(=O)NCc1ccc(S(=O)(=O)N(C)CCC(N)C(C)C)s1. The number of amides is 1. The average molecular weight is 348 g/mol. The number of rotatable bonds is 8. The Morgan fingerprint density at radius 1 is 1.41 bits per heavy atom. The number of carbonyl (C=O) groups excluding carboxylic acids is 1. The van der Waals surface area contributed by atoms with Gasteiger partial charge in [-0.1, -0.05) is 13.8 Å². The minimum Gasteiger partial charge on any atom is -0.351 e. The van der Waals surface area contributed by atoms with E-state index in [4.69, 9.17) is 5.73 Å². The quantitative estimate of drug-likeness (QED) is 0.743. The Morgan fingerprint density at radius 2 is 2.05 bits per heavy atom. The van der Waals surface area contributed by atoms with Crippen molar-refractivity contribution in [3.8, 4) is 0 Å². The third-order valence-electron chi connectivity index (χ3n) is 3.45. The first kappa shape index (κ1) is 19.1. The third-order valence-corrected chi connectivity index (χ3v) is 6.86. The minimum absolute atomic E-state index is 0.0173. The van der Waals surface area contributed by atoms with Gasteiger partial charge in [0.1, 0.15) is 4.21 Å². The maximum Gasteiger partial charge on any atom is 0.252 e. The molecule has 126 valence electrons. The molecule has 6 nitrogen and oxygen atoms in total. The molecule has 0 aliphatic carbocycles. The van der Waals surface area contributed by atoms with Gasteiger partial charge in [0.25, 0.3) is 10.0 Å². The highest BCUT2D eigenvalue weighted by molar-refractivity contribution is 7.91. The molecule has 0 fully saturated rings. The lowest BCUT2D eigenvalue weighted by atomic mass is 10.0. The molecule has 0 aliphatic heterocycles. The van der Waals surface area contributed by atoms with Crippen LogP contribution >= 0.6 is 11.3 Å². The first-order valence-electron chi connectivity index (χ1n) is 7.19. The average Bonchev–Trinajstić information content (AvgIpc) is 2.91. The Hall–Kier alpha value is -0.960. The molecule has 22 heavy (non-hydrogen) atoms. The number of nitrogens with zero attached hydrogens (tertiary/aromatic N) is 1. The summed E-state index contributed by atoms with van der Waals surface area (Å²) in [6.45, 7) is 6.20. The van der Waals surface area contributed by atoms with Crippen molar-refractivity contribution in [1.29, 1.82) is 0 Å². The highest BCUT2D eigenvalue weighted by atomic mass is 32.2. The van der Waals surface area contributed by atoms with Gasteiger partial charge in [0.05, 0.1) is 6.54 Å². The Balaban J connectivity index is 2.70. The van der Waals surface area contributed by atoms with Crippen molar-refractivity contribution >= 4 is 27.3 Å². The van der Waals surface area contributed by atoms with Gasteiger partial charge < -0.3 is 11.1 Å². The monoisotopic (exact) mass is 347 g/mol. The summed E-state index contributed by atoms with van der Waals surface area (Å²) in [5.74, 6) is 0.180. The second-order valence-electron chi connectivity index (χ2n) is 5.65. The van der Waals surface area contributed by atoms with Crippen LogP contribution in [0.5, 0.6) is 0 Å². The van der Waals surface area contributed by atoms with Crippen LogP contribution in [0.15, 0.2) is 16.3 Å². The zero-order chi connectivity index (χ0) is 16.9. The number of carbonyl (C=O) groups is 1. The zero-order valence-electron chi connectivity index (χ0n) is 13.5. The molecular formula is C14H25N3O3S2. The van der Waals surface area contributed by atoms with Gasteiger partial charge in [-0.05, 0) is 24.5 Å². The number of hydrogen-bond acceptors (Lipinski definition) is 5. The van der Waals surface area contributed by atoms with Crippen molar-refractivity contribution in [2.45, 2.75) is 44.0 Å². The number of sulfonamides is 1. The molecule has 0 saturated carbocycles. The van der Waals surface area contributed by atoms with E-state index in [0.717, 1.165) is 4.88 Å². The second kappa shape index (κ2) is 8.05. The van der Waals surface area contributed by atoms with Crippen LogP contribution in [0.4, 0.5) is 0 Å². The second-order valence-corrected chi connectivity index (χ2v) is 9.09. The van der Waals surface area contributed by atoms with Gasteiger partial charge in [0, 0.05) is 31.4 Å². The molecule has 0 radical (unpaired) electrons. The van der Waals surface area contributed by atoms with E-state index < -0.39 is 10.0 Å². The van der Waals surface area contributed by atoms with Crippen LogP contribution < -0.4 is 11.1 Å². The molecule has 8 heteroatoms. The van der Waals surface area contributed by atoms with Crippen molar-refractivity contribution in [3.05, 3.63) is 17.0 Å². The van der Waals surface area contributed by atoms with E-state index in [-0.39, 0.29) is 16.2 Å². The van der Waals surface area contributed by atoms with E-state index >= 15 is 0 Å². The summed E-state index contributed by atoms with van der Waals surface area (Å²) < 4.78 is 26.6. The molecule has 1 aromatic rings. The Kier molecular flexibility index (Phi) is 6.98. The van der Waals surface area contributed by atoms with Crippen molar-refractivity contribution < 1.29 is 13.2 Å². The van der Waals surface area contributed by atoms with Crippen LogP contribution in [0, 0.1) is 5.92 Å². The molecule has 3 N–H and O–H groups in total. The molecule has 0 spiro atoms. The van der Waals surface area contributed by atoms with Gasteiger partial charge in [-0.25, -0.2) is 12.7 Å². The lowest BCUT2D eigenvalue weighted by Crippen LogP contribution is -2.34. The summed E-state index contributed by atoms with van der Waals surface area (Å²) in [6.07, 6.45) is 0.623. The van der Waals surface area contributed by atoms with Crippen LogP contribution in [-0.4, -0.2) is 38.3 Å². The number of hydrogen-bond donors (Lipinski definition) is 2. The standard InChI is InChI=1S/C14H25N3O3S2/c1-10(2)13(15)7-8-17(4)22(19,20)14-6-5-12(21-14)9-16-11(3)18/h5-6,10,13H,7-9,15H2,1-4H3,(H,16,18). The lowest BCUT2D eigenvalue weighted by molar-refractivity contribution is -0.119. The van der Waals surface area contributed by atoms with Crippen LogP contribution in [0.3, 0.4) is 0 Å². The van der Waals surface area contributed by atoms with Crippen molar-refractivity contribution in [3.63, 3.8) is 0 Å². The van der Waals surface area contributed by atoms with Crippen molar-refractivity contribution in [2.75, 3.05) is 13.6 Å². The molecular weight excluding hydrogens is 322 g/mol. The van der Waals surface area contributed by atoms with E-state index in [0.29, 0.717) is 25.4 Å². The summed E-state index contributed by atoms with van der Waals surface area (Å²) in [6, 6.07) is 3.29.